The second-order valence-electron chi connectivity index (χ2n) is 2.52. The summed E-state index contributed by atoms with van der Waals surface area (Å²) in [5.74, 6) is -0.211. The first kappa shape index (κ1) is 13.1. The predicted octanol–water partition coefficient (Wildman–Crippen LogP) is 2.16. The van der Waals surface area contributed by atoms with Crippen LogP contribution in [-0.4, -0.2) is 17.5 Å². The molecule has 0 amide bonds. The fraction of sp³-hybridized carbons (Fsp3) is 0.300. The number of benzene rings is 1. The van der Waals surface area contributed by atoms with Crippen molar-refractivity contribution in [2.75, 3.05) is 6.61 Å². The molecule has 0 bridgehead atoms. The molecule has 1 rings (SSSR count). The minimum absolute atomic E-state index is 0.137. The number of carbonyl (C=O) groups is 1. The maximum atomic E-state index is 10.0. The zero-order valence-corrected chi connectivity index (χ0v) is 8.67. The van der Waals surface area contributed by atoms with Gasteiger partial charge in [0.2, 0.25) is 0 Å². The molecule has 0 aromatic heterocycles. The Kier molecular flexibility index (Phi) is 6.54. The van der Waals surface area contributed by atoms with Crippen LogP contribution >= 0.6 is 0 Å². The summed E-state index contributed by atoms with van der Waals surface area (Å²) in [6.07, 6.45) is 0. The van der Waals surface area contributed by atoms with Gasteiger partial charge in [0.05, 0.1) is 11.5 Å². The largest absolute Gasteiger partial charge is 0.466 e. The van der Waals surface area contributed by atoms with Gasteiger partial charge in [-0.2, -0.15) is 0 Å². The van der Waals surface area contributed by atoms with Gasteiger partial charge >= 0.3 is 5.97 Å². The van der Waals surface area contributed by atoms with Crippen LogP contribution in [0, 0.1) is 10.1 Å². The van der Waals surface area contributed by atoms with Crippen molar-refractivity contribution in [1.82, 2.24) is 0 Å². The first-order valence-electron chi connectivity index (χ1n) is 4.40. The minimum atomic E-state index is -0.417. The van der Waals surface area contributed by atoms with Gasteiger partial charge in [0.15, 0.2) is 0 Å². The maximum Gasteiger partial charge on any atom is 0.302 e. The molecule has 0 saturated carbocycles. The van der Waals surface area contributed by atoms with Crippen molar-refractivity contribution in [3.8, 4) is 0 Å². The lowest BCUT2D eigenvalue weighted by Gasteiger charge is -1.89. The second kappa shape index (κ2) is 7.49. The summed E-state index contributed by atoms with van der Waals surface area (Å²) >= 11 is 0. The van der Waals surface area contributed by atoms with Crippen LogP contribution in [0.1, 0.15) is 13.8 Å². The SMILES string of the molecule is CCOC(C)=O.O=[N+]([O-])c1ccccc1. The summed E-state index contributed by atoms with van der Waals surface area (Å²) in [7, 11) is 0. The molecule has 15 heavy (non-hydrogen) atoms. The zero-order valence-electron chi connectivity index (χ0n) is 8.67. The highest BCUT2D eigenvalue weighted by Crippen LogP contribution is 2.06. The van der Waals surface area contributed by atoms with Gasteiger partial charge in [0.1, 0.15) is 0 Å². The average molecular weight is 211 g/mol. The lowest BCUT2D eigenvalue weighted by atomic mass is 10.3. The Labute approximate surface area is 87.8 Å². The summed E-state index contributed by atoms with van der Waals surface area (Å²) in [5, 5.41) is 10.0. The highest BCUT2D eigenvalue weighted by molar-refractivity contribution is 5.65. The summed E-state index contributed by atoms with van der Waals surface area (Å²) in [4.78, 5) is 19.4. The highest BCUT2D eigenvalue weighted by Gasteiger charge is 1.98. The van der Waals surface area contributed by atoms with Gasteiger partial charge in [-0.05, 0) is 6.92 Å². The maximum absolute atomic E-state index is 10.0. The molecule has 0 atom stereocenters. The number of esters is 1. The molecule has 1 aromatic carbocycles. The van der Waals surface area contributed by atoms with Crippen molar-refractivity contribution in [1.29, 1.82) is 0 Å². The number of nitro groups is 1. The molecule has 0 N–H and O–H groups in total. The minimum Gasteiger partial charge on any atom is -0.466 e. The second-order valence-corrected chi connectivity index (χ2v) is 2.52. The average Bonchev–Trinajstić information content (AvgIpc) is 2.20. The van der Waals surface area contributed by atoms with Crippen LogP contribution in [0.3, 0.4) is 0 Å². The molecule has 0 radical (unpaired) electrons. The molecule has 0 aliphatic carbocycles. The lowest BCUT2D eigenvalue weighted by Crippen LogP contribution is -1.95. The monoisotopic (exact) mass is 211 g/mol. The molecule has 5 heteroatoms. The van der Waals surface area contributed by atoms with E-state index in [0.717, 1.165) is 0 Å². The van der Waals surface area contributed by atoms with Crippen molar-refractivity contribution in [3.63, 3.8) is 0 Å². The van der Waals surface area contributed by atoms with Gasteiger partial charge in [-0.15, -0.1) is 0 Å². The third-order valence-corrected chi connectivity index (χ3v) is 1.31. The fourth-order valence-corrected chi connectivity index (χ4v) is 0.753. The van der Waals surface area contributed by atoms with Crippen molar-refractivity contribution in [2.24, 2.45) is 0 Å². The van der Waals surface area contributed by atoms with Gasteiger partial charge in [-0.3, -0.25) is 14.9 Å². The van der Waals surface area contributed by atoms with Crippen LogP contribution in [0.25, 0.3) is 0 Å². The molecular weight excluding hydrogens is 198 g/mol. The van der Waals surface area contributed by atoms with E-state index in [2.05, 4.69) is 4.74 Å². The van der Waals surface area contributed by atoms with Crippen LogP contribution < -0.4 is 0 Å². The Balaban J connectivity index is 0.000000288. The third kappa shape index (κ3) is 7.18. The quantitative estimate of drug-likeness (QED) is 0.427. The van der Waals surface area contributed by atoms with Crippen molar-refractivity contribution >= 4 is 11.7 Å². The molecule has 0 aliphatic heterocycles. The zero-order chi connectivity index (χ0) is 11.7. The molecule has 0 saturated heterocycles. The smallest absolute Gasteiger partial charge is 0.302 e. The number of nitro benzene ring substituents is 1. The number of hydrogen-bond donors (Lipinski definition) is 0. The Morgan fingerprint density at radius 3 is 2.13 bits per heavy atom. The molecule has 0 heterocycles. The van der Waals surface area contributed by atoms with E-state index < -0.39 is 4.92 Å². The summed E-state index contributed by atoms with van der Waals surface area (Å²) in [5.41, 5.74) is 0.137. The number of para-hydroxylation sites is 1. The van der Waals surface area contributed by atoms with Crippen molar-refractivity contribution in [3.05, 3.63) is 40.4 Å². The number of nitrogens with zero attached hydrogens (tertiary/aromatic N) is 1. The molecule has 0 unspecified atom stereocenters. The van der Waals surface area contributed by atoms with Gasteiger partial charge in [-0.1, -0.05) is 18.2 Å². The Bertz CT molecular complexity index is 310. The number of rotatable bonds is 2. The molecule has 82 valence electrons. The lowest BCUT2D eigenvalue weighted by molar-refractivity contribution is -0.384. The molecule has 0 aliphatic rings. The van der Waals surface area contributed by atoms with Crippen molar-refractivity contribution in [2.45, 2.75) is 13.8 Å². The molecule has 5 nitrogen and oxygen atoms in total. The first-order chi connectivity index (χ1) is 7.07. The van der Waals surface area contributed by atoms with Gasteiger partial charge in [-0.25, -0.2) is 0 Å². The topological polar surface area (TPSA) is 69.4 Å². The van der Waals surface area contributed by atoms with Gasteiger partial charge < -0.3 is 4.74 Å². The highest BCUT2D eigenvalue weighted by atomic mass is 16.6. The standard InChI is InChI=1S/C6H5NO2.C4H8O2/c8-7(9)6-4-2-1-3-5-6;1-3-6-4(2)5/h1-5H;3H2,1-2H3. The van der Waals surface area contributed by atoms with E-state index in [1.54, 1.807) is 25.1 Å². The summed E-state index contributed by atoms with van der Waals surface area (Å²) in [6.45, 7) is 3.65. The van der Waals surface area contributed by atoms with E-state index in [0.29, 0.717) is 6.61 Å². The summed E-state index contributed by atoms with van der Waals surface area (Å²) in [6, 6.07) is 7.93. The van der Waals surface area contributed by atoms with Crippen LogP contribution in [-0.2, 0) is 9.53 Å². The van der Waals surface area contributed by atoms with Crippen molar-refractivity contribution < 1.29 is 14.5 Å². The number of ether oxygens (including phenoxy) is 1. The van der Waals surface area contributed by atoms with E-state index >= 15 is 0 Å². The Morgan fingerprint density at radius 1 is 1.40 bits per heavy atom. The van der Waals surface area contributed by atoms with E-state index in [-0.39, 0.29) is 11.7 Å². The third-order valence-electron chi connectivity index (χ3n) is 1.31. The van der Waals surface area contributed by atoms with Crippen LogP contribution in [0.15, 0.2) is 30.3 Å². The van der Waals surface area contributed by atoms with E-state index in [1.165, 1.54) is 19.1 Å². The molecular formula is C10H13NO4. The molecule has 1 aromatic rings. The van der Waals surface area contributed by atoms with E-state index in [9.17, 15) is 14.9 Å². The predicted molar refractivity (Wildman–Crippen MR) is 55.4 cm³/mol. The van der Waals surface area contributed by atoms with Gasteiger partial charge in [0.25, 0.3) is 5.69 Å². The Hall–Kier alpha value is -1.91. The van der Waals surface area contributed by atoms with E-state index in [1.807, 2.05) is 0 Å². The first-order valence-corrected chi connectivity index (χ1v) is 4.40. The Morgan fingerprint density at radius 2 is 1.93 bits per heavy atom. The molecule has 0 spiro atoms. The molecule has 0 fully saturated rings. The summed E-state index contributed by atoms with van der Waals surface area (Å²) < 4.78 is 4.40. The fourth-order valence-electron chi connectivity index (χ4n) is 0.753. The van der Waals surface area contributed by atoms with Crippen LogP contribution in [0.5, 0.6) is 0 Å². The van der Waals surface area contributed by atoms with Gasteiger partial charge in [0, 0.05) is 19.1 Å². The van der Waals surface area contributed by atoms with E-state index in [4.69, 9.17) is 0 Å². The number of non-ortho nitro benzene ring substituents is 1. The normalized spacial score (nSPS) is 8.40. The number of hydrogen-bond acceptors (Lipinski definition) is 4. The van der Waals surface area contributed by atoms with Crippen LogP contribution in [0.4, 0.5) is 5.69 Å². The van der Waals surface area contributed by atoms with Crippen LogP contribution in [0.2, 0.25) is 0 Å². The number of carbonyl (C=O) groups excluding carboxylic acids is 1.